The number of aryl methyl sites for hydroxylation is 1. The molecule has 0 aliphatic heterocycles. The van der Waals surface area contributed by atoms with Crippen LogP contribution in [0.15, 0.2) is 12.3 Å². The Hall–Kier alpha value is -1.79. The monoisotopic (exact) mass is 249 g/mol. The molecular formula is C10H7F4NO2. The Morgan fingerprint density at radius 3 is 2.41 bits per heavy atom. The normalized spacial score (nSPS) is 11.4. The molecule has 0 radical (unpaired) electrons. The number of aromatic nitrogens is 1. The lowest BCUT2D eigenvalue weighted by Gasteiger charge is -2.05. The zero-order chi connectivity index (χ0) is 13.2. The van der Waals surface area contributed by atoms with Crippen molar-refractivity contribution in [2.24, 2.45) is 0 Å². The van der Waals surface area contributed by atoms with Crippen molar-refractivity contribution in [3.63, 3.8) is 0 Å². The third-order valence-corrected chi connectivity index (χ3v) is 1.88. The van der Waals surface area contributed by atoms with Crippen LogP contribution in [0.3, 0.4) is 0 Å². The van der Waals surface area contributed by atoms with Crippen LogP contribution < -0.4 is 0 Å². The Labute approximate surface area is 93.5 Å². The zero-order valence-corrected chi connectivity index (χ0v) is 8.64. The molecule has 0 bridgehead atoms. The minimum atomic E-state index is -5.10. The standard InChI is InChI=1S/C10H7F4NO2/c1-5-2-6(11)9(15-4-5)7(16)3-8(17)10(12,13)14/h2,4H,3H2,1H3. The first-order valence-corrected chi connectivity index (χ1v) is 4.47. The van der Waals surface area contributed by atoms with E-state index in [-0.39, 0.29) is 0 Å². The van der Waals surface area contributed by atoms with E-state index in [0.717, 1.165) is 12.3 Å². The summed E-state index contributed by atoms with van der Waals surface area (Å²) in [4.78, 5) is 25.1. The van der Waals surface area contributed by atoms with Gasteiger partial charge in [0.2, 0.25) is 5.78 Å². The molecule has 0 N–H and O–H groups in total. The molecule has 0 amide bonds. The fourth-order valence-corrected chi connectivity index (χ4v) is 1.07. The van der Waals surface area contributed by atoms with E-state index >= 15 is 0 Å². The molecule has 0 atom stereocenters. The van der Waals surface area contributed by atoms with E-state index in [4.69, 9.17) is 0 Å². The molecule has 0 aliphatic rings. The summed E-state index contributed by atoms with van der Waals surface area (Å²) in [6.07, 6.45) is -5.40. The number of ketones is 2. The molecule has 3 nitrogen and oxygen atoms in total. The van der Waals surface area contributed by atoms with Gasteiger partial charge in [-0.3, -0.25) is 9.59 Å². The molecule has 0 saturated carbocycles. The van der Waals surface area contributed by atoms with Gasteiger partial charge in [-0.25, -0.2) is 9.37 Å². The fraction of sp³-hybridized carbons (Fsp3) is 0.300. The molecule has 1 heterocycles. The summed E-state index contributed by atoms with van der Waals surface area (Å²) in [7, 11) is 0. The van der Waals surface area contributed by atoms with E-state index in [0.29, 0.717) is 5.56 Å². The van der Waals surface area contributed by atoms with Crippen molar-refractivity contribution < 1.29 is 27.2 Å². The highest BCUT2D eigenvalue weighted by Crippen LogP contribution is 2.19. The van der Waals surface area contributed by atoms with Gasteiger partial charge in [-0.05, 0) is 18.6 Å². The van der Waals surface area contributed by atoms with Crippen LogP contribution in [-0.2, 0) is 4.79 Å². The summed E-state index contributed by atoms with van der Waals surface area (Å²) in [6, 6.07) is 0.957. The van der Waals surface area contributed by atoms with Gasteiger partial charge in [0, 0.05) is 6.20 Å². The maximum absolute atomic E-state index is 13.2. The number of rotatable bonds is 3. The number of carbonyl (C=O) groups excluding carboxylic acids is 2. The average molecular weight is 249 g/mol. The summed E-state index contributed by atoms with van der Waals surface area (Å²) in [5.41, 5.74) is -0.339. The smallest absolute Gasteiger partial charge is 0.292 e. The summed E-state index contributed by atoms with van der Waals surface area (Å²) in [6.45, 7) is 1.51. The van der Waals surface area contributed by atoms with E-state index < -0.39 is 35.7 Å². The Balaban J connectivity index is 2.88. The van der Waals surface area contributed by atoms with Crippen molar-refractivity contribution in [1.82, 2.24) is 4.98 Å². The number of pyridine rings is 1. The van der Waals surface area contributed by atoms with Gasteiger partial charge in [0.15, 0.2) is 11.6 Å². The quantitative estimate of drug-likeness (QED) is 0.469. The summed E-state index contributed by atoms with van der Waals surface area (Å²) >= 11 is 0. The minimum Gasteiger partial charge on any atom is -0.292 e. The number of nitrogens with zero attached hydrogens (tertiary/aromatic N) is 1. The molecule has 1 aromatic heterocycles. The van der Waals surface area contributed by atoms with E-state index in [1.807, 2.05) is 0 Å². The second-order valence-corrected chi connectivity index (χ2v) is 3.36. The first-order chi connectivity index (χ1) is 7.71. The highest BCUT2D eigenvalue weighted by molar-refractivity contribution is 6.08. The molecule has 0 aliphatic carbocycles. The number of halogens is 4. The van der Waals surface area contributed by atoms with Crippen LogP contribution in [0.5, 0.6) is 0 Å². The van der Waals surface area contributed by atoms with Crippen LogP contribution in [0.25, 0.3) is 0 Å². The van der Waals surface area contributed by atoms with Crippen LogP contribution in [0.1, 0.15) is 22.5 Å². The lowest BCUT2D eigenvalue weighted by molar-refractivity contribution is -0.170. The molecule has 17 heavy (non-hydrogen) atoms. The SMILES string of the molecule is Cc1cnc(C(=O)CC(=O)C(F)(F)F)c(F)c1. The fourth-order valence-electron chi connectivity index (χ4n) is 1.07. The van der Waals surface area contributed by atoms with E-state index in [2.05, 4.69) is 4.98 Å². The first-order valence-electron chi connectivity index (χ1n) is 4.47. The second kappa shape index (κ2) is 4.60. The summed E-state index contributed by atoms with van der Waals surface area (Å²) in [5.74, 6) is -4.54. The van der Waals surface area contributed by atoms with Gasteiger partial charge in [-0.2, -0.15) is 13.2 Å². The van der Waals surface area contributed by atoms with Crippen molar-refractivity contribution in [2.45, 2.75) is 19.5 Å². The molecular weight excluding hydrogens is 242 g/mol. The molecule has 0 fully saturated rings. The van der Waals surface area contributed by atoms with Crippen LogP contribution in [0.2, 0.25) is 0 Å². The number of hydrogen-bond donors (Lipinski definition) is 0. The molecule has 1 rings (SSSR count). The number of carbonyl (C=O) groups is 2. The van der Waals surface area contributed by atoms with Crippen LogP contribution >= 0.6 is 0 Å². The van der Waals surface area contributed by atoms with Crippen molar-refractivity contribution >= 4 is 11.6 Å². The van der Waals surface area contributed by atoms with Gasteiger partial charge in [-0.1, -0.05) is 0 Å². The average Bonchev–Trinajstić information content (AvgIpc) is 2.15. The Morgan fingerprint density at radius 2 is 1.94 bits per heavy atom. The van der Waals surface area contributed by atoms with Gasteiger partial charge >= 0.3 is 6.18 Å². The van der Waals surface area contributed by atoms with E-state index in [1.54, 1.807) is 0 Å². The van der Waals surface area contributed by atoms with Crippen molar-refractivity contribution in [3.8, 4) is 0 Å². The van der Waals surface area contributed by atoms with Gasteiger partial charge in [0.05, 0.1) is 6.42 Å². The Morgan fingerprint density at radius 1 is 1.35 bits per heavy atom. The van der Waals surface area contributed by atoms with E-state index in [9.17, 15) is 27.2 Å². The zero-order valence-electron chi connectivity index (χ0n) is 8.64. The molecule has 0 spiro atoms. The van der Waals surface area contributed by atoms with Crippen molar-refractivity contribution in [3.05, 3.63) is 29.3 Å². The highest BCUT2D eigenvalue weighted by atomic mass is 19.4. The predicted octanol–water partition coefficient (Wildman–Crippen LogP) is 2.23. The van der Waals surface area contributed by atoms with Crippen molar-refractivity contribution in [1.29, 1.82) is 0 Å². The van der Waals surface area contributed by atoms with Crippen LogP contribution in [-0.4, -0.2) is 22.7 Å². The third-order valence-electron chi connectivity index (χ3n) is 1.88. The minimum absolute atomic E-state index is 0.418. The van der Waals surface area contributed by atoms with Crippen molar-refractivity contribution in [2.75, 3.05) is 0 Å². The van der Waals surface area contributed by atoms with Gasteiger partial charge in [-0.15, -0.1) is 0 Å². The topological polar surface area (TPSA) is 47.0 Å². The lowest BCUT2D eigenvalue weighted by Crippen LogP contribution is -2.26. The third kappa shape index (κ3) is 3.33. The highest BCUT2D eigenvalue weighted by Gasteiger charge is 2.39. The Kier molecular flexibility index (Phi) is 3.59. The molecule has 7 heteroatoms. The Bertz CT molecular complexity index is 468. The number of Topliss-reactive ketones (excluding diaryl/α,β-unsaturated/α-hetero) is 2. The maximum Gasteiger partial charge on any atom is 0.450 e. The molecule has 1 aromatic rings. The summed E-state index contributed by atoms with van der Waals surface area (Å²) < 4.78 is 48.8. The first kappa shape index (κ1) is 13.3. The number of hydrogen-bond acceptors (Lipinski definition) is 3. The maximum atomic E-state index is 13.2. The van der Waals surface area contributed by atoms with Gasteiger partial charge in [0.1, 0.15) is 5.69 Å². The van der Waals surface area contributed by atoms with Gasteiger partial charge < -0.3 is 0 Å². The van der Waals surface area contributed by atoms with Gasteiger partial charge in [0.25, 0.3) is 0 Å². The molecule has 92 valence electrons. The summed E-state index contributed by atoms with van der Waals surface area (Å²) in [5, 5.41) is 0. The number of alkyl halides is 3. The largest absolute Gasteiger partial charge is 0.450 e. The molecule has 0 aromatic carbocycles. The predicted molar refractivity (Wildman–Crippen MR) is 48.9 cm³/mol. The van der Waals surface area contributed by atoms with Crippen LogP contribution in [0, 0.1) is 12.7 Å². The second-order valence-electron chi connectivity index (χ2n) is 3.36. The molecule has 0 unspecified atom stereocenters. The van der Waals surface area contributed by atoms with E-state index in [1.165, 1.54) is 6.92 Å². The van der Waals surface area contributed by atoms with Crippen LogP contribution in [0.4, 0.5) is 17.6 Å². The lowest BCUT2D eigenvalue weighted by atomic mass is 10.1. The molecule has 0 saturated heterocycles.